The summed E-state index contributed by atoms with van der Waals surface area (Å²) in [5.74, 6) is -5.23. The molecule has 1 heterocycles. The highest BCUT2D eigenvalue weighted by atomic mass is 32.2. The molecule has 252 valence electrons. The van der Waals surface area contributed by atoms with Crippen LogP contribution in [0.25, 0.3) is 0 Å². The summed E-state index contributed by atoms with van der Waals surface area (Å²) in [6.07, 6.45) is -0.334. The van der Waals surface area contributed by atoms with Crippen molar-refractivity contribution in [3.8, 4) is 6.07 Å². The number of aromatic nitrogens is 1. The maximum atomic E-state index is 14.1. The third kappa shape index (κ3) is 11.7. The summed E-state index contributed by atoms with van der Waals surface area (Å²) in [6, 6.07) is 2.60. The van der Waals surface area contributed by atoms with E-state index in [1.165, 1.54) is 24.5 Å². The lowest BCUT2D eigenvalue weighted by Crippen LogP contribution is -2.60. The van der Waals surface area contributed by atoms with Gasteiger partial charge in [0.1, 0.15) is 29.9 Å². The number of aliphatic hydroxyl groups excluding tert-OH is 2. The van der Waals surface area contributed by atoms with E-state index in [1.807, 2.05) is 13.8 Å². The minimum atomic E-state index is -3.98. The van der Waals surface area contributed by atoms with Gasteiger partial charge in [0.05, 0.1) is 41.1 Å². The molecule has 1 aromatic heterocycles. The lowest BCUT2D eigenvalue weighted by molar-refractivity contribution is -0.126. The largest absolute Gasteiger partial charge is 0.388 e. The molecule has 0 aliphatic carbocycles. The fourth-order valence-corrected chi connectivity index (χ4v) is 7.21. The van der Waals surface area contributed by atoms with Gasteiger partial charge in [-0.15, -0.1) is 0 Å². The van der Waals surface area contributed by atoms with Crippen LogP contribution in [0, 0.1) is 23.0 Å². The molecular weight excluding hydrogens is 624 g/mol. The highest BCUT2D eigenvalue weighted by Crippen LogP contribution is 2.19. The van der Waals surface area contributed by atoms with Crippen LogP contribution in [0.5, 0.6) is 0 Å². The summed E-state index contributed by atoms with van der Waals surface area (Å²) in [5, 5.41) is 37.8. The molecule has 5 atom stereocenters. The van der Waals surface area contributed by atoms with Crippen molar-refractivity contribution in [2.24, 2.45) is 0 Å². The second-order valence-electron chi connectivity index (χ2n) is 11.0. The molecule has 0 radical (unpaired) electrons. The predicted molar refractivity (Wildman–Crippen MR) is 165 cm³/mol. The van der Waals surface area contributed by atoms with Crippen molar-refractivity contribution >= 4 is 27.6 Å². The molecule has 15 heteroatoms. The van der Waals surface area contributed by atoms with Gasteiger partial charge in [-0.05, 0) is 49.1 Å². The zero-order chi connectivity index (χ0) is 34.4. The SMILES string of the molecule is CCCC(CCC)S(=O)(=O)C[C@@H](NC(=O)c1cccnc1)C(=O)N[C@@H](Cc1cc(F)cc(F)c1)[C@@H](O)[C@H](O)[C@@H](CC#N)NC(C)=O. The number of halogens is 2. The summed E-state index contributed by atoms with van der Waals surface area (Å²) < 4.78 is 55.1. The van der Waals surface area contributed by atoms with Gasteiger partial charge < -0.3 is 26.2 Å². The van der Waals surface area contributed by atoms with E-state index in [-0.39, 0.29) is 11.1 Å². The van der Waals surface area contributed by atoms with Crippen LogP contribution in [0.4, 0.5) is 8.78 Å². The van der Waals surface area contributed by atoms with Crippen LogP contribution in [0.1, 0.15) is 68.8 Å². The molecule has 2 rings (SSSR count). The van der Waals surface area contributed by atoms with Gasteiger partial charge in [0.15, 0.2) is 9.84 Å². The molecule has 0 saturated heterocycles. The van der Waals surface area contributed by atoms with Gasteiger partial charge in [0.2, 0.25) is 11.8 Å². The van der Waals surface area contributed by atoms with Gasteiger partial charge >= 0.3 is 0 Å². The van der Waals surface area contributed by atoms with Crippen LogP contribution in [0.15, 0.2) is 42.7 Å². The molecule has 0 spiro atoms. The topological polar surface area (TPSA) is 199 Å². The van der Waals surface area contributed by atoms with Crippen molar-refractivity contribution in [3.63, 3.8) is 0 Å². The molecule has 0 saturated carbocycles. The van der Waals surface area contributed by atoms with Crippen LogP contribution >= 0.6 is 0 Å². The quantitative estimate of drug-likeness (QED) is 0.157. The number of sulfone groups is 1. The summed E-state index contributed by atoms with van der Waals surface area (Å²) in [5.41, 5.74) is -0.00630. The minimum absolute atomic E-state index is 0.0354. The highest BCUT2D eigenvalue weighted by molar-refractivity contribution is 7.92. The van der Waals surface area contributed by atoms with Crippen molar-refractivity contribution < 1.29 is 41.8 Å². The average molecular weight is 666 g/mol. The smallest absolute Gasteiger partial charge is 0.253 e. The van der Waals surface area contributed by atoms with Crippen LogP contribution < -0.4 is 16.0 Å². The Kier molecular flexibility index (Phi) is 15.1. The zero-order valence-corrected chi connectivity index (χ0v) is 26.8. The van der Waals surface area contributed by atoms with Crippen LogP contribution in [0.2, 0.25) is 0 Å². The number of rotatable bonds is 18. The van der Waals surface area contributed by atoms with Gasteiger partial charge in [-0.2, -0.15) is 5.26 Å². The molecule has 0 bridgehead atoms. The normalized spacial score (nSPS) is 14.8. The molecule has 12 nitrogen and oxygen atoms in total. The number of nitrogens with zero attached hydrogens (tertiary/aromatic N) is 2. The molecule has 0 aliphatic rings. The highest BCUT2D eigenvalue weighted by Gasteiger charge is 2.37. The number of carbonyl (C=O) groups excluding carboxylic acids is 3. The Morgan fingerprint density at radius 3 is 2.11 bits per heavy atom. The Morgan fingerprint density at radius 2 is 1.59 bits per heavy atom. The van der Waals surface area contributed by atoms with E-state index in [0.29, 0.717) is 31.7 Å². The predicted octanol–water partition coefficient (Wildman–Crippen LogP) is 1.71. The molecular formula is C31H41F2N5O7S. The number of carbonyl (C=O) groups is 3. The van der Waals surface area contributed by atoms with E-state index in [9.17, 15) is 47.1 Å². The number of aliphatic hydroxyl groups is 2. The lowest BCUT2D eigenvalue weighted by Gasteiger charge is -2.33. The van der Waals surface area contributed by atoms with E-state index < -0.39 is 93.4 Å². The summed E-state index contributed by atoms with van der Waals surface area (Å²) in [4.78, 5) is 42.4. The molecule has 1 aromatic carbocycles. The minimum Gasteiger partial charge on any atom is -0.388 e. The maximum Gasteiger partial charge on any atom is 0.253 e. The van der Waals surface area contributed by atoms with Gasteiger partial charge in [0, 0.05) is 25.4 Å². The number of amides is 3. The Labute approximate surface area is 267 Å². The number of pyridine rings is 1. The number of nitrogens with one attached hydrogen (secondary N) is 3. The van der Waals surface area contributed by atoms with Crippen molar-refractivity contribution in [3.05, 3.63) is 65.5 Å². The number of hydrogen-bond donors (Lipinski definition) is 5. The Bertz CT molecular complexity index is 1450. The van der Waals surface area contributed by atoms with Gasteiger partial charge in [-0.25, -0.2) is 17.2 Å². The number of benzene rings is 1. The van der Waals surface area contributed by atoms with Crippen LogP contribution in [0.3, 0.4) is 0 Å². The standard InChI is InChI=1S/C31H41F2N5O7S/c1-4-7-24(8-5-2)46(44,45)18-27(38-30(42)21-9-6-12-35-17-21)31(43)37-26(15-20-13-22(32)16-23(33)14-20)29(41)28(40)25(10-11-34)36-19(3)39/h6,9,12-14,16-17,24-29,40-41H,4-5,7-8,10,15,18H2,1-3H3,(H,36,39)(H,37,43)(H,38,42)/t25-,26+,27-,28-,29-/m1/s1. The molecule has 3 amide bonds. The zero-order valence-electron chi connectivity index (χ0n) is 25.9. The van der Waals surface area contributed by atoms with E-state index in [2.05, 4.69) is 20.9 Å². The van der Waals surface area contributed by atoms with Crippen molar-refractivity contribution in [1.29, 1.82) is 5.26 Å². The molecule has 0 fully saturated rings. The van der Waals surface area contributed by atoms with Crippen LogP contribution in [-0.2, 0) is 25.8 Å². The summed E-state index contributed by atoms with van der Waals surface area (Å²) in [7, 11) is -3.98. The first-order valence-electron chi connectivity index (χ1n) is 14.9. The first kappa shape index (κ1) is 38.2. The molecule has 2 aromatic rings. The fourth-order valence-electron chi connectivity index (χ4n) is 5.05. The third-order valence-electron chi connectivity index (χ3n) is 7.25. The van der Waals surface area contributed by atoms with Gasteiger partial charge in [-0.3, -0.25) is 19.4 Å². The molecule has 0 unspecified atom stereocenters. The van der Waals surface area contributed by atoms with Crippen molar-refractivity contribution in [2.75, 3.05) is 5.75 Å². The van der Waals surface area contributed by atoms with E-state index >= 15 is 0 Å². The van der Waals surface area contributed by atoms with Gasteiger partial charge in [0.25, 0.3) is 5.91 Å². The Morgan fingerprint density at radius 1 is 0.978 bits per heavy atom. The summed E-state index contributed by atoms with van der Waals surface area (Å²) in [6.45, 7) is 4.76. The maximum absolute atomic E-state index is 14.1. The Hall–Kier alpha value is -4.00. The lowest BCUT2D eigenvalue weighted by atomic mass is 9.92. The number of nitriles is 1. The second-order valence-corrected chi connectivity index (χ2v) is 13.4. The third-order valence-corrected chi connectivity index (χ3v) is 9.54. The second kappa shape index (κ2) is 18.2. The monoisotopic (exact) mass is 665 g/mol. The Balaban J connectivity index is 2.52. The first-order valence-corrected chi connectivity index (χ1v) is 16.6. The van der Waals surface area contributed by atoms with Crippen molar-refractivity contribution in [1.82, 2.24) is 20.9 Å². The average Bonchev–Trinajstić information content (AvgIpc) is 2.99. The summed E-state index contributed by atoms with van der Waals surface area (Å²) >= 11 is 0. The van der Waals surface area contributed by atoms with Crippen molar-refractivity contribution in [2.45, 2.75) is 94.9 Å². The van der Waals surface area contributed by atoms with Crippen LogP contribution in [-0.4, -0.2) is 82.7 Å². The van der Waals surface area contributed by atoms with Gasteiger partial charge in [-0.1, -0.05) is 26.7 Å². The van der Waals surface area contributed by atoms with E-state index in [4.69, 9.17) is 0 Å². The van der Waals surface area contributed by atoms with E-state index in [0.717, 1.165) is 19.1 Å². The first-order chi connectivity index (χ1) is 21.7. The van der Waals surface area contributed by atoms with E-state index in [1.54, 1.807) is 6.07 Å². The molecule has 5 N–H and O–H groups in total. The number of hydrogen-bond acceptors (Lipinski definition) is 9. The molecule has 0 aliphatic heterocycles. The molecule has 46 heavy (non-hydrogen) atoms. The fraction of sp³-hybridized carbons (Fsp3) is 0.516.